The average Bonchev–Trinajstić information content (AvgIpc) is 3.14. The first kappa shape index (κ1) is 20.9. The summed E-state index contributed by atoms with van der Waals surface area (Å²) in [5, 5.41) is 21.3. The van der Waals surface area contributed by atoms with E-state index in [1.165, 1.54) is 18.2 Å². The van der Waals surface area contributed by atoms with E-state index in [1.54, 1.807) is 54.6 Å². The van der Waals surface area contributed by atoms with Gasteiger partial charge in [-0.1, -0.05) is 66.2 Å². The molecule has 2 aliphatic heterocycles. The van der Waals surface area contributed by atoms with Crippen LogP contribution in [-0.2, 0) is 0 Å². The third-order valence-corrected chi connectivity index (χ3v) is 6.74. The maximum atomic E-state index is 14.3. The highest BCUT2D eigenvalue weighted by Crippen LogP contribution is 2.55. The van der Waals surface area contributed by atoms with E-state index in [1.807, 2.05) is 17.0 Å². The van der Waals surface area contributed by atoms with Crippen LogP contribution in [0.1, 0.15) is 27.4 Å². The lowest BCUT2D eigenvalue weighted by Gasteiger charge is -2.35. The lowest BCUT2D eigenvalue weighted by atomic mass is 9.69. The Labute approximate surface area is 195 Å². The maximum absolute atomic E-state index is 14.3. The van der Waals surface area contributed by atoms with Crippen molar-refractivity contribution in [3.63, 3.8) is 0 Å². The summed E-state index contributed by atoms with van der Waals surface area (Å²) < 4.78 is 14.3. The number of rotatable bonds is 3. The average molecular weight is 454 g/mol. The van der Waals surface area contributed by atoms with Gasteiger partial charge >= 0.3 is 0 Å². The highest BCUT2D eigenvalue weighted by atomic mass is 35.5. The summed E-state index contributed by atoms with van der Waals surface area (Å²) in [5.41, 5.74) is 0.769. The van der Waals surface area contributed by atoms with E-state index >= 15 is 0 Å². The molecule has 0 aliphatic carbocycles. The molecule has 0 spiro atoms. The zero-order valence-electron chi connectivity index (χ0n) is 17.3. The van der Waals surface area contributed by atoms with Crippen LogP contribution in [0.5, 0.6) is 0 Å². The fourth-order valence-electron chi connectivity index (χ4n) is 5.11. The minimum absolute atomic E-state index is 0.238. The van der Waals surface area contributed by atoms with Crippen molar-refractivity contribution in [2.45, 2.75) is 18.0 Å². The second-order valence-electron chi connectivity index (χ2n) is 8.21. The lowest BCUT2D eigenvalue weighted by molar-refractivity contribution is 0.0951. The number of anilines is 1. The lowest BCUT2D eigenvalue weighted by Crippen LogP contribution is -2.44. The Balaban J connectivity index is 1.80. The number of carbonyl (C=O) groups excluding carboxylic acids is 1. The Kier molecular flexibility index (Phi) is 5.01. The van der Waals surface area contributed by atoms with Crippen LogP contribution in [0.15, 0.2) is 78.9 Å². The van der Waals surface area contributed by atoms with Gasteiger partial charge in [0.05, 0.1) is 18.2 Å². The fraction of sp³-hybridized carbons (Fsp3) is 0.148. The summed E-state index contributed by atoms with van der Waals surface area (Å²) >= 11 is 6.20. The number of carbonyl (C=O) groups is 1. The SMILES string of the molecule is N#CC1(C#N)[C@H](c2cccc(F)c2)[C@@H](C(=O)c2ccccc2)N2c3ccc(Cl)cc3C=C[C@H]21. The van der Waals surface area contributed by atoms with Crippen molar-refractivity contribution < 1.29 is 9.18 Å². The zero-order valence-corrected chi connectivity index (χ0v) is 18.1. The predicted octanol–water partition coefficient (Wildman–Crippen LogP) is 5.76. The molecule has 3 aromatic rings. The van der Waals surface area contributed by atoms with Crippen LogP contribution in [-0.4, -0.2) is 17.9 Å². The molecule has 0 aromatic heterocycles. The molecular weight excluding hydrogens is 437 g/mol. The first-order valence-electron chi connectivity index (χ1n) is 10.4. The Morgan fingerprint density at radius 2 is 1.76 bits per heavy atom. The van der Waals surface area contributed by atoms with Gasteiger partial charge in [-0.15, -0.1) is 0 Å². The number of hydrogen-bond donors (Lipinski definition) is 0. The van der Waals surface area contributed by atoms with E-state index in [9.17, 15) is 19.7 Å². The molecule has 6 heteroatoms. The van der Waals surface area contributed by atoms with Gasteiger partial charge in [0.25, 0.3) is 0 Å². The maximum Gasteiger partial charge on any atom is 0.185 e. The molecule has 3 atom stereocenters. The molecule has 5 rings (SSSR count). The summed E-state index contributed by atoms with van der Waals surface area (Å²) in [7, 11) is 0. The molecule has 0 saturated carbocycles. The third kappa shape index (κ3) is 3.13. The Bertz CT molecular complexity index is 1360. The summed E-state index contributed by atoms with van der Waals surface area (Å²) in [5.74, 6) is -1.61. The van der Waals surface area contributed by atoms with Gasteiger partial charge in [-0.25, -0.2) is 4.39 Å². The number of halogens is 2. The van der Waals surface area contributed by atoms with Crippen molar-refractivity contribution >= 4 is 29.1 Å². The largest absolute Gasteiger partial charge is 0.351 e. The fourth-order valence-corrected chi connectivity index (χ4v) is 5.29. The number of hydrogen-bond acceptors (Lipinski definition) is 4. The zero-order chi connectivity index (χ0) is 23.2. The molecule has 0 unspecified atom stereocenters. The van der Waals surface area contributed by atoms with Gasteiger partial charge in [-0.05, 0) is 41.5 Å². The van der Waals surface area contributed by atoms with Crippen molar-refractivity contribution in [1.29, 1.82) is 10.5 Å². The van der Waals surface area contributed by atoms with Crippen LogP contribution >= 0.6 is 11.6 Å². The van der Waals surface area contributed by atoms with Crippen molar-refractivity contribution in [3.05, 3.63) is 106 Å². The van der Waals surface area contributed by atoms with Gasteiger partial charge in [-0.3, -0.25) is 4.79 Å². The number of nitrogens with zero attached hydrogens (tertiary/aromatic N) is 3. The van der Waals surface area contributed by atoms with E-state index in [-0.39, 0.29) is 5.78 Å². The van der Waals surface area contributed by atoms with E-state index < -0.39 is 29.2 Å². The molecule has 1 saturated heterocycles. The van der Waals surface area contributed by atoms with E-state index in [4.69, 9.17) is 11.6 Å². The predicted molar refractivity (Wildman–Crippen MR) is 124 cm³/mol. The normalized spacial score (nSPS) is 22.1. The van der Waals surface area contributed by atoms with E-state index in [2.05, 4.69) is 12.1 Å². The number of fused-ring (bicyclic) bond motifs is 3. The first-order chi connectivity index (χ1) is 16.0. The van der Waals surface area contributed by atoms with Crippen LogP contribution in [0.2, 0.25) is 5.02 Å². The molecule has 1 fully saturated rings. The topological polar surface area (TPSA) is 67.9 Å². The molecule has 33 heavy (non-hydrogen) atoms. The molecule has 0 radical (unpaired) electrons. The Hall–Kier alpha value is -3.93. The smallest absolute Gasteiger partial charge is 0.185 e. The van der Waals surface area contributed by atoms with E-state index in [0.717, 1.165) is 5.56 Å². The second-order valence-corrected chi connectivity index (χ2v) is 8.65. The Morgan fingerprint density at radius 3 is 2.45 bits per heavy atom. The molecule has 4 nitrogen and oxygen atoms in total. The standard InChI is InChI=1S/C27H17ClFN3O/c28-20-10-11-22-18(13-20)9-12-23-27(15-30,16-31)24(19-7-4-8-21(29)14-19)25(32(22)23)26(33)17-5-2-1-3-6-17/h1-14,23-25H/t23-,24+,25-/m0/s1. The van der Waals surface area contributed by atoms with Crippen LogP contribution in [0.4, 0.5) is 10.1 Å². The van der Waals surface area contributed by atoms with Crippen LogP contribution in [0, 0.1) is 33.9 Å². The minimum Gasteiger partial charge on any atom is -0.351 e. The summed E-state index contributed by atoms with van der Waals surface area (Å²) in [6.45, 7) is 0. The van der Waals surface area contributed by atoms with Gasteiger partial charge in [0, 0.05) is 22.2 Å². The Morgan fingerprint density at radius 1 is 1.00 bits per heavy atom. The van der Waals surface area contributed by atoms with Crippen LogP contribution in [0.3, 0.4) is 0 Å². The third-order valence-electron chi connectivity index (χ3n) is 6.50. The molecule has 0 N–H and O–H groups in total. The summed E-state index contributed by atoms with van der Waals surface area (Å²) in [6, 6.07) is 22.7. The van der Waals surface area contributed by atoms with Crippen molar-refractivity contribution in [2.24, 2.45) is 5.41 Å². The molecular formula is C27H17ClFN3O. The molecule has 0 amide bonds. The van der Waals surface area contributed by atoms with E-state index in [0.29, 0.717) is 21.8 Å². The van der Waals surface area contributed by atoms with Crippen LogP contribution < -0.4 is 4.90 Å². The number of Topliss-reactive ketones (excluding diaryl/α,β-unsaturated/α-hetero) is 1. The monoisotopic (exact) mass is 453 g/mol. The first-order valence-corrected chi connectivity index (χ1v) is 10.8. The molecule has 3 aromatic carbocycles. The summed E-state index contributed by atoms with van der Waals surface area (Å²) in [4.78, 5) is 15.8. The minimum atomic E-state index is -1.61. The van der Waals surface area contributed by atoms with Gasteiger partial charge in [0.15, 0.2) is 11.2 Å². The molecule has 2 heterocycles. The number of nitriles is 2. The quantitative estimate of drug-likeness (QED) is 0.472. The van der Waals surface area contributed by atoms with Crippen LogP contribution in [0.25, 0.3) is 6.08 Å². The molecule has 160 valence electrons. The van der Waals surface area contributed by atoms with Gasteiger partial charge in [0.1, 0.15) is 11.9 Å². The van der Waals surface area contributed by atoms with Gasteiger partial charge in [0.2, 0.25) is 0 Å². The highest BCUT2D eigenvalue weighted by molar-refractivity contribution is 6.30. The number of ketones is 1. The molecule has 0 bridgehead atoms. The second kappa shape index (κ2) is 7.89. The highest BCUT2D eigenvalue weighted by Gasteiger charge is 2.63. The van der Waals surface area contributed by atoms with Gasteiger partial charge in [-0.2, -0.15) is 10.5 Å². The van der Waals surface area contributed by atoms with Crippen molar-refractivity contribution in [1.82, 2.24) is 0 Å². The van der Waals surface area contributed by atoms with Gasteiger partial charge < -0.3 is 4.90 Å². The summed E-state index contributed by atoms with van der Waals surface area (Å²) in [6.07, 6.45) is 3.60. The molecule has 2 aliphatic rings. The number of benzene rings is 3. The van der Waals surface area contributed by atoms with Crippen molar-refractivity contribution in [3.8, 4) is 12.1 Å². The van der Waals surface area contributed by atoms with Crippen molar-refractivity contribution in [2.75, 3.05) is 4.90 Å².